The van der Waals surface area contributed by atoms with E-state index in [2.05, 4.69) is 5.32 Å². The van der Waals surface area contributed by atoms with Crippen LogP contribution in [0.25, 0.3) is 0 Å². The summed E-state index contributed by atoms with van der Waals surface area (Å²) in [6.45, 7) is 2.52. The molecule has 1 atom stereocenters. The third-order valence-electron chi connectivity index (χ3n) is 3.28. The summed E-state index contributed by atoms with van der Waals surface area (Å²) in [5.74, 6) is -0.530. The van der Waals surface area contributed by atoms with Crippen LogP contribution in [0, 0.1) is 0 Å². The molecule has 4 N–H and O–H groups in total. The molecule has 0 bridgehead atoms. The SMILES string of the molecule is CC(=O)O.Oc1ccc(CCCNC[C@H](O)c2ccccc2)cc1. The summed E-state index contributed by atoms with van der Waals surface area (Å²) in [6, 6.07) is 17.0. The number of phenolic OH excluding ortho intramolecular Hbond substituents is 1. The van der Waals surface area contributed by atoms with E-state index in [-0.39, 0.29) is 0 Å². The van der Waals surface area contributed by atoms with Crippen LogP contribution in [0.4, 0.5) is 0 Å². The van der Waals surface area contributed by atoms with Gasteiger partial charge >= 0.3 is 0 Å². The van der Waals surface area contributed by atoms with Crippen molar-refractivity contribution in [2.45, 2.75) is 25.9 Å². The van der Waals surface area contributed by atoms with E-state index in [1.807, 2.05) is 42.5 Å². The van der Waals surface area contributed by atoms with E-state index in [9.17, 15) is 10.2 Å². The molecule has 0 radical (unpaired) electrons. The van der Waals surface area contributed by atoms with Gasteiger partial charge in [-0.15, -0.1) is 0 Å². The number of phenols is 1. The molecule has 0 heterocycles. The number of aliphatic carboxylic acids is 1. The van der Waals surface area contributed by atoms with Gasteiger partial charge in [0.05, 0.1) is 6.10 Å². The minimum absolute atomic E-state index is 0.304. The summed E-state index contributed by atoms with van der Waals surface area (Å²) in [4.78, 5) is 9.00. The zero-order valence-corrected chi connectivity index (χ0v) is 13.9. The average Bonchev–Trinajstić information content (AvgIpc) is 2.56. The second-order valence-corrected chi connectivity index (χ2v) is 5.42. The van der Waals surface area contributed by atoms with Gasteiger partial charge in [-0.1, -0.05) is 42.5 Å². The monoisotopic (exact) mass is 331 g/mol. The molecule has 130 valence electrons. The fraction of sp³-hybridized carbons (Fsp3) is 0.316. The molecule has 0 amide bonds. The largest absolute Gasteiger partial charge is 0.508 e. The van der Waals surface area contributed by atoms with Crippen LogP contribution in [0.1, 0.15) is 30.6 Å². The minimum atomic E-state index is -0.833. The summed E-state index contributed by atoms with van der Waals surface area (Å²) < 4.78 is 0. The molecule has 0 saturated carbocycles. The zero-order valence-electron chi connectivity index (χ0n) is 13.9. The maximum Gasteiger partial charge on any atom is 0.300 e. The number of hydrogen-bond donors (Lipinski definition) is 4. The van der Waals surface area contributed by atoms with Crippen molar-refractivity contribution in [3.63, 3.8) is 0 Å². The van der Waals surface area contributed by atoms with Crippen molar-refractivity contribution in [2.24, 2.45) is 0 Å². The molecule has 0 unspecified atom stereocenters. The van der Waals surface area contributed by atoms with Crippen LogP contribution in [-0.4, -0.2) is 34.4 Å². The van der Waals surface area contributed by atoms with Crippen molar-refractivity contribution in [1.29, 1.82) is 0 Å². The quantitative estimate of drug-likeness (QED) is 0.586. The van der Waals surface area contributed by atoms with Crippen molar-refractivity contribution >= 4 is 5.97 Å². The zero-order chi connectivity index (χ0) is 17.8. The molecule has 0 fully saturated rings. The molecule has 0 spiro atoms. The van der Waals surface area contributed by atoms with Crippen LogP contribution >= 0.6 is 0 Å². The van der Waals surface area contributed by atoms with Crippen molar-refractivity contribution in [1.82, 2.24) is 5.32 Å². The summed E-state index contributed by atoms with van der Waals surface area (Å²) in [5.41, 5.74) is 2.16. The first-order chi connectivity index (χ1) is 11.5. The number of carbonyl (C=O) groups is 1. The fourth-order valence-corrected chi connectivity index (χ4v) is 2.11. The van der Waals surface area contributed by atoms with Gasteiger partial charge in [0.1, 0.15) is 5.75 Å². The van der Waals surface area contributed by atoms with Crippen molar-refractivity contribution in [3.8, 4) is 5.75 Å². The van der Waals surface area contributed by atoms with Crippen LogP contribution in [0.3, 0.4) is 0 Å². The standard InChI is InChI=1S/C17H21NO2.C2H4O2/c19-16-10-8-14(9-11-16)5-4-12-18-13-17(20)15-6-2-1-3-7-15;1-2(3)4/h1-3,6-11,17-20H,4-5,12-13H2;1H3,(H,3,4)/t17-;/m0./s1. The lowest BCUT2D eigenvalue weighted by atomic mass is 10.1. The molecule has 2 rings (SSSR count). The van der Waals surface area contributed by atoms with Gasteiger partial charge in [-0.2, -0.15) is 0 Å². The molecule has 2 aromatic carbocycles. The maximum atomic E-state index is 9.98. The number of aryl methyl sites for hydroxylation is 1. The predicted octanol–water partition coefficient (Wildman–Crippen LogP) is 2.74. The first-order valence-electron chi connectivity index (χ1n) is 7.90. The first-order valence-corrected chi connectivity index (χ1v) is 7.90. The smallest absolute Gasteiger partial charge is 0.300 e. The molecular formula is C19H25NO4. The molecule has 2 aromatic rings. The average molecular weight is 331 g/mol. The van der Waals surface area contributed by atoms with E-state index in [0.717, 1.165) is 31.9 Å². The van der Waals surface area contributed by atoms with Gasteiger partial charge in [0, 0.05) is 13.5 Å². The molecular weight excluding hydrogens is 306 g/mol. The number of nitrogens with one attached hydrogen (secondary N) is 1. The summed E-state index contributed by atoms with van der Waals surface area (Å²) >= 11 is 0. The second kappa shape index (κ2) is 11.2. The Bertz CT molecular complexity index is 580. The molecule has 5 nitrogen and oxygen atoms in total. The van der Waals surface area contributed by atoms with Gasteiger partial charge < -0.3 is 20.6 Å². The number of aliphatic hydroxyl groups is 1. The molecule has 0 aliphatic rings. The van der Waals surface area contributed by atoms with E-state index in [1.54, 1.807) is 12.1 Å². The normalized spacial score (nSPS) is 11.2. The Labute approximate surface area is 142 Å². The van der Waals surface area contributed by atoms with E-state index >= 15 is 0 Å². The highest BCUT2D eigenvalue weighted by molar-refractivity contribution is 5.62. The van der Waals surface area contributed by atoms with Crippen LogP contribution in [0.2, 0.25) is 0 Å². The molecule has 5 heteroatoms. The van der Waals surface area contributed by atoms with E-state index in [1.165, 1.54) is 5.56 Å². The third-order valence-corrected chi connectivity index (χ3v) is 3.28. The number of aliphatic hydroxyl groups excluding tert-OH is 1. The second-order valence-electron chi connectivity index (χ2n) is 5.42. The number of carboxylic acids is 1. The highest BCUT2D eigenvalue weighted by Gasteiger charge is 2.05. The lowest BCUT2D eigenvalue weighted by Gasteiger charge is -2.12. The van der Waals surface area contributed by atoms with Crippen molar-refractivity contribution in [2.75, 3.05) is 13.1 Å². The topological polar surface area (TPSA) is 89.8 Å². The molecule has 0 aliphatic heterocycles. The minimum Gasteiger partial charge on any atom is -0.508 e. The van der Waals surface area contributed by atoms with Crippen LogP contribution in [0.5, 0.6) is 5.75 Å². The molecule has 0 aromatic heterocycles. The van der Waals surface area contributed by atoms with Gasteiger partial charge in [-0.05, 0) is 42.6 Å². The Balaban J connectivity index is 0.000000648. The molecule has 0 saturated heterocycles. The summed E-state index contributed by atoms with van der Waals surface area (Å²) in [6.07, 6.45) is 1.52. The Kier molecular flexibility index (Phi) is 9.19. The number of benzene rings is 2. The van der Waals surface area contributed by atoms with E-state index in [0.29, 0.717) is 12.3 Å². The number of aromatic hydroxyl groups is 1. The molecule has 24 heavy (non-hydrogen) atoms. The van der Waals surface area contributed by atoms with Crippen LogP contribution in [-0.2, 0) is 11.2 Å². The first kappa shape index (κ1) is 19.7. The van der Waals surface area contributed by atoms with Crippen LogP contribution in [0.15, 0.2) is 54.6 Å². The Hall–Kier alpha value is -2.37. The highest BCUT2D eigenvalue weighted by Crippen LogP contribution is 2.12. The van der Waals surface area contributed by atoms with Gasteiger partial charge in [0.25, 0.3) is 5.97 Å². The Morgan fingerprint density at radius 1 is 1.08 bits per heavy atom. The lowest BCUT2D eigenvalue weighted by Crippen LogP contribution is -2.22. The summed E-state index contributed by atoms with van der Waals surface area (Å²) in [5, 5.41) is 29.9. The highest BCUT2D eigenvalue weighted by atomic mass is 16.4. The Morgan fingerprint density at radius 2 is 1.67 bits per heavy atom. The predicted molar refractivity (Wildman–Crippen MR) is 94.0 cm³/mol. The number of rotatable bonds is 7. The number of hydrogen-bond acceptors (Lipinski definition) is 4. The van der Waals surface area contributed by atoms with Crippen molar-refractivity contribution < 1.29 is 20.1 Å². The van der Waals surface area contributed by atoms with Crippen molar-refractivity contribution in [3.05, 3.63) is 65.7 Å². The van der Waals surface area contributed by atoms with Gasteiger partial charge in [-0.3, -0.25) is 4.79 Å². The maximum absolute atomic E-state index is 9.98. The Morgan fingerprint density at radius 3 is 2.25 bits per heavy atom. The fourth-order valence-electron chi connectivity index (χ4n) is 2.11. The number of carboxylic acid groups (broad SMARTS) is 1. The lowest BCUT2D eigenvalue weighted by molar-refractivity contribution is -0.134. The van der Waals surface area contributed by atoms with E-state index < -0.39 is 12.1 Å². The van der Waals surface area contributed by atoms with Gasteiger partial charge in [0.15, 0.2) is 0 Å². The third kappa shape index (κ3) is 8.92. The van der Waals surface area contributed by atoms with Gasteiger partial charge in [-0.25, -0.2) is 0 Å². The van der Waals surface area contributed by atoms with Crippen LogP contribution < -0.4 is 5.32 Å². The molecule has 0 aliphatic carbocycles. The summed E-state index contributed by atoms with van der Waals surface area (Å²) in [7, 11) is 0. The van der Waals surface area contributed by atoms with Gasteiger partial charge in [0.2, 0.25) is 0 Å². The van der Waals surface area contributed by atoms with E-state index in [4.69, 9.17) is 9.90 Å².